The average Bonchev–Trinajstić information content (AvgIpc) is 2.92. The summed E-state index contributed by atoms with van der Waals surface area (Å²) in [6.07, 6.45) is 0.463. The molecule has 2 N–H and O–H groups in total. The maximum atomic E-state index is 9.80. The molecular formula is C15H11ClN2O3. The van der Waals surface area contributed by atoms with Gasteiger partial charge in [0.05, 0.1) is 5.56 Å². The van der Waals surface area contributed by atoms with Crippen molar-refractivity contribution < 1.29 is 14.7 Å². The molecule has 3 aromatic rings. The number of hydrogen-bond donors (Lipinski definition) is 2. The van der Waals surface area contributed by atoms with Crippen molar-refractivity contribution in [1.82, 2.24) is 10.1 Å². The second-order valence-electron chi connectivity index (χ2n) is 4.52. The van der Waals surface area contributed by atoms with E-state index in [0.29, 0.717) is 22.8 Å². The van der Waals surface area contributed by atoms with Crippen molar-refractivity contribution in [3.63, 3.8) is 0 Å². The molecule has 106 valence electrons. The van der Waals surface area contributed by atoms with Crippen LogP contribution in [0.3, 0.4) is 0 Å². The first kappa shape index (κ1) is 13.5. The van der Waals surface area contributed by atoms with Crippen molar-refractivity contribution >= 4 is 11.6 Å². The number of phenolic OH excluding ortho intramolecular Hbond substituents is 2. The van der Waals surface area contributed by atoms with Crippen LogP contribution in [-0.2, 0) is 6.42 Å². The zero-order chi connectivity index (χ0) is 14.8. The zero-order valence-electron chi connectivity index (χ0n) is 10.8. The Bertz CT molecular complexity index is 769. The van der Waals surface area contributed by atoms with Crippen molar-refractivity contribution in [1.29, 1.82) is 0 Å². The number of rotatable bonds is 3. The molecule has 1 heterocycles. The van der Waals surface area contributed by atoms with Gasteiger partial charge >= 0.3 is 0 Å². The van der Waals surface area contributed by atoms with E-state index in [1.165, 1.54) is 6.07 Å². The number of aromatic nitrogens is 2. The molecule has 0 aliphatic rings. The minimum Gasteiger partial charge on any atom is -0.508 e. The van der Waals surface area contributed by atoms with Crippen LogP contribution in [0.15, 0.2) is 47.0 Å². The fourth-order valence-electron chi connectivity index (χ4n) is 1.91. The third kappa shape index (κ3) is 2.98. The third-order valence-electron chi connectivity index (χ3n) is 2.96. The zero-order valence-corrected chi connectivity index (χ0v) is 11.6. The number of halogens is 1. The fraction of sp³-hybridized carbons (Fsp3) is 0.0667. The Labute approximate surface area is 125 Å². The molecule has 0 saturated heterocycles. The van der Waals surface area contributed by atoms with Gasteiger partial charge in [-0.3, -0.25) is 0 Å². The Morgan fingerprint density at radius 1 is 1.05 bits per heavy atom. The van der Waals surface area contributed by atoms with Gasteiger partial charge in [-0.2, -0.15) is 4.98 Å². The molecule has 0 saturated carbocycles. The van der Waals surface area contributed by atoms with Gasteiger partial charge in [0.2, 0.25) is 0 Å². The highest BCUT2D eigenvalue weighted by Crippen LogP contribution is 2.30. The topological polar surface area (TPSA) is 79.4 Å². The molecule has 1 aromatic heterocycles. The molecule has 0 bridgehead atoms. The molecule has 0 unspecified atom stereocenters. The van der Waals surface area contributed by atoms with Crippen molar-refractivity contribution in [2.75, 3.05) is 0 Å². The lowest BCUT2D eigenvalue weighted by molar-refractivity contribution is 0.418. The quantitative estimate of drug-likeness (QED) is 0.775. The molecule has 0 amide bonds. The molecule has 0 radical (unpaired) electrons. The van der Waals surface area contributed by atoms with Gasteiger partial charge in [0.1, 0.15) is 11.5 Å². The highest BCUT2D eigenvalue weighted by atomic mass is 35.5. The Morgan fingerprint density at radius 2 is 1.81 bits per heavy atom. The molecule has 0 fully saturated rings. The molecule has 6 heteroatoms. The highest BCUT2D eigenvalue weighted by molar-refractivity contribution is 6.30. The summed E-state index contributed by atoms with van der Waals surface area (Å²) in [5, 5.41) is 23.4. The van der Waals surface area contributed by atoms with Crippen molar-refractivity contribution in [3.05, 3.63) is 58.9 Å². The molecule has 21 heavy (non-hydrogen) atoms. The summed E-state index contributed by atoms with van der Waals surface area (Å²) in [5.41, 5.74) is 1.34. The maximum absolute atomic E-state index is 9.80. The summed E-state index contributed by atoms with van der Waals surface area (Å²) in [5.74, 6) is 0.925. The predicted octanol–water partition coefficient (Wildman–Crippen LogP) is 3.39. The van der Waals surface area contributed by atoms with E-state index < -0.39 is 0 Å². The number of benzene rings is 2. The van der Waals surface area contributed by atoms with Crippen LogP contribution in [0.2, 0.25) is 5.02 Å². The van der Waals surface area contributed by atoms with Crippen molar-refractivity contribution in [3.8, 4) is 23.0 Å². The van der Waals surface area contributed by atoms with Gasteiger partial charge in [-0.05, 0) is 35.9 Å². The van der Waals surface area contributed by atoms with E-state index in [0.717, 1.165) is 5.56 Å². The average molecular weight is 303 g/mol. The van der Waals surface area contributed by atoms with Crippen LogP contribution in [0.4, 0.5) is 0 Å². The summed E-state index contributed by atoms with van der Waals surface area (Å²) >= 11 is 5.89. The first-order valence-electron chi connectivity index (χ1n) is 6.21. The summed E-state index contributed by atoms with van der Waals surface area (Å²) in [6.45, 7) is 0. The summed E-state index contributed by atoms with van der Waals surface area (Å²) in [6, 6.07) is 11.4. The number of nitrogens with zero attached hydrogens (tertiary/aromatic N) is 2. The fourth-order valence-corrected chi connectivity index (χ4v) is 2.08. The first-order chi connectivity index (χ1) is 10.1. The van der Waals surface area contributed by atoms with Crippen LogP contribution in [0.1, 0.15) is 11.4 Å². The molecule has 0 aliphatic carbocycles. The smallest absolute Gasteiger partial charge is 0.261 e. The van der Waals surface area contributed by atoms with Crippen LogP contribution < -0.4 is 0 Å². The van der Waals surface area contributed by atoms with E-state index in [2.05, 4.69) is 10.1 Å². The minimum atomic E-state index is 0.0271. The van der Waals surface area contributed by atoms with E-state index in [4.69, 9.17) is 16.1 Å². The molecule has 0 aliphatic heterocycles. The normalized spacial score (nSPS) is 10.7. The van der Waals surface area contributed by atoms with E-state index in [1.54, 1.807) is 36.4 Å². The summed E-state index contributed by atoms with van der Waals surface area (Å²) in [7, 11) is 0. The Kier molecular flexibility index (Phi) is 3.50. The first-order valence-corrected chi connectivity index (χ1v) is 6.59. The summed E-state index contributed by atoms with van der Waals surface area (Å²) < 4.78 is 5.15. The monoisotopic (exact) mass is 302 g/mol. The summed E-state index contributed by atoms with van der Waals surface area (Å²) in [4.78, 5) is 4.24. The largest absolute Gasteiger partial charge is 0.508 e. The van der Waals surface area contributed by atoms with E-state index in [1.807, 2.05) is 0 Å². The predicted molar refractivity (Wildman–Crippen MR) is 77.3 cm³/mol. The van der Waals surface area contributed by atoms with Gasteiger partial charge in [-0.1, -0.05) is 28.9 Å². The molecular weight excluding hydrogens is 292 g/mol. The molecule has 3 rings (SSSR count). The number of hydrogen-bond acceptors (Lipinski definition) is 5. The van der Waals surface area contributed by atoms with Gasteiger partial charge in [0.25, 0.3) is 5.89 Å². The minimum absolute atomic E-state index is 0.0271. The van der Waals surface area contributed by atoms with Gasteiger partial charge in [-0.15, -0.1) is 0 Å². The van der Waals surface area contributed by atoms with Gasteiger partial charge < -0.3 is 14.7 Å². The third-order valence-corrected chi connectivity index (χ3v) is 3.19. The molecule has 0 atom stereocenters. The lowest BCUT2D eigenvalue weighted by atomic mass is 10.1. The number of aromatic hydroxyl groups is 2. The van der Waals surface area contributed by atoms with Crippen LogP contribution in [0, 0.1) is 0 Å². The van der Waals surface area contributed by atoms with Crippen LogP contribution in [0.25, 0.3) is 11.5 Å². The van der Waals surface area contributed by atoms with Crippen molar-refractivity contribution in [2.45, 2.75) is 6.42 Å². The number of phenols is 2. The second-order valence-corrected chi connectivity index (χ2v) is 4.96. The van der Waals surface area contributed by atoms with Crippen LogP contribution in [-0.4, -0.2) is 20.4 Å². The highest BCUT2D eigenvalue weighted by Gasteiger charge is 2.13. The second kappa shape index (κ2) is 5.46. The van der Waals surface area contributed by atoms with Gasteiger partial charge in [0, 0.05) is 11.4 Å². The van der Waals surface area contributed by atoms with E-state index in [9.17, 15) is 10.2 Å². The molecule has 0 spiro atoms. The van der Waals surface area contributed by atoms with Gasteiger partial charge in [-0.25, -0.2) is 0 Å². The molecule has 5 nitrogen and oxygen atoms in total. The van der Waals surface area contributed by atoms with Crippen LogP contribution >= 0.6 is 11.6 Å². The Hall–Kier alpha value is -2.53. The lowest BCUT2D eigenvalue weighted by Gasteiger charge is -1.99. The maximum Gasteiger partial charge on any atom is 0.261 e. The van der Waals surface area contributed by atoms with E-state index in [-0.39, 0.29) is 17.4 Å². The van der Waals surface area contributed by atoms with Crippen molar-refractivity contribution in [2.24, 2.45) is 0 Å². The Morgan fingerprint density at radius 3 is 2.57 bits per heavy atom. The van der Waals surface area contributed by atoms with Gasteiger partial charge in [0.15, 0.2) is 5.82 Å². The SMILES string of the molecule is Oc1ccc(Cc2noc(-c3cc(Cl)ccc3O)n2)cc1. The Balaban J connectivity index is 1.86. The van der Waals surface area contributed by atoms with Crippen LogP contribution in [0.5, 0.6) is 11.5 Å². The van der Waals surface area contributed by atoms with E-state index >= 15 is 0 Å². The standard InChI is InChI=1S/C15H11ClN2O3/c16-10-3-6-13(20)12(8-10)15-17-14(18-21-15)7-9-1-4-11(19)5-2-9/h1-6,8,19-20H,7H2. The lowest BCUT2D eigenvalue weighted by Crippen LogP contribution is -1.90. The molecule has 2 aromatic carbocycles.